The third kappa shape index (κ3) is 3.67. The summed E-state index contributed by atoms with van der Waals surface area (Å²) in [5.41, 5.74) is 2.24. The third-order valence-corrected chi connectivity index (χ3v) is 4.28. The van der Waals surface area contributed by atoms with Gasteiger partial charge in [-0.2, -0.15) is 0 Å². The van der Waals surface area contributed by atoms with Gasteiger partial charge in [0.2, 0.25) is 5.88 Å². The lowest BCUT2D eigenvalue weighted by atomic mass is 9.83. The Morgan fingerprint density at radius 2 is 1.96 bits per heavy atom. The van der Waals surface area contributed by atoms with Crippen molar-refractivity contribution >= 4 is 5.97 Å². The van der Waals surface area contributed by atoms with Crippen LogP contribution in [0.15, 0.2) is 30.6 Å². The van der Waals surface area contributed by atoms with E-state index in [1.807, 2.05) is 13.0 Å². The second kappa shape index (κ2) is 6.77. The number of carboxylic acid groups (broad SMARTS) is 1. The molecule has 0 radical (unpaired) electrons. The van der Waals surface area contributed by atoms with Gasteiger partial charge >= 0.3 is 5.97 Å². The fraction of sp³-hybridized carbons (Fsp3) is 0.389. The number of carbonyl (C=O) groups is 1. The summed E-state index contributed by atoms with van der Waals surface area (Å²) in [6.45, 7) is 2.02. The molecule has 0 unspecified atom stereocenters. The Bertz CT molecular complexity index is 692. The number of rotatable bonds is 4. The van der Waals surface area contributed by atoms with Crippen LogP contribution in [-0.4, -0.2) is 21.0 Å². The van der Waals surface area contributed by atoms with Crippen molar-refractivity contribution < 1.29 is 14.6 Å². The molecule has 1 heterocycles. The van der Waals surface area contributed by atoms with E-state index in [-0.39, 0.29) is 5.69 Å². The minimum Gasteiger partial charge on any atom is -0.476 e. The molecule has 1 aliphatic carbocycles. The zero-order chi connectivity index (χ0) is 16.2. The number of aromatic carboxylic acids is 1. The number of carboxylic acids is 1. The van der Waals surface area contributed by atoms with Crippen LogP contribution in [0.3, 0.4) is 0 Å². The molecule has 120 valence electrons. The zero-order valence-corrected chi connectivity index (χ0v) is 13.2. The van der Waals surface area contributed by atoms with E-state index in [0.29, 0.717) is 11.8 Å². The van der Waals surface area contributed by atoms with Gasteiger partial charge in [-0.25, -0.2) is 14.8 Å². The lowest BCUT2D eigenvalue weighted by Crippen LogP contribution is -2.07. The maximum atomic E-state index is 10.8. The van der Waals surface area contributed by atoms with Crippen molar-refractivity contribution in [1.29, 1.82) is 0 Å². The molecule has 1 aromatic carbocycles. The number of nitrogens with zero attached hydrogens (tertiary/aromatic N) is 2. The van der Waals surface area contributed by atoms with Crippen LogP contribution in [0, 0.1) is 6.92 Å². The summed E-state index contributed by atoms with van der Waals surface area (Å²) in [4.78, 5) is 18.7. The highest BCUT2D eigenvalue weighted by Crippen LogP contribution is 2.39. The van der Waals surface area contributed by atoms with Crippen molar-refractivity contribution in [3.63, 3.8) is 0 Å². The van der Waals surface area contributed by atoms with Crippen molar-refractivity contribution in [1.82, 2.24) is 9.97 Å². The molecule has 5 nitrogen and oxygen atoms in total. The molecule has 1 aliphatic rings. The first-order chi connectivity index (χ1) is 11.1. The van der Waals surface area contributed by atoms with Gasteiger partial charge in [0.05, 0.1) is 12.4 Å². The molecular weight excluding hydrogens is 292 g/mol. The standard InChI is InChI=1S/C18H20N2O3/c1-12-7-8-14(13-5-3-2-4-6-13)16(9-12)23-17-11-19-15(10-20-17)18(21)22/h7-11,13H,2-6H2,1H3,(H,21,22). The molecule has 1 saturated carbocycles. The fourth-order valence-electron chi connectivity index (χ4n) is 3.07. The van der Waals surface area contributed by atoms with E-state index in [1.54, 1.807) is 0 Å². The lowest BCUT2D eigenvalue weighted by molar-refractivity contribution is 0.0690. The quantitative estimate of drug-likeness (QED) is 0.910. The van der Waals surface area contributed by atoms with Crippen LogP contribution in [0.4, 0.5) is 0 Å². The second-order valence-electron chi connectivity index (χ2n) is 6.02. The molecule has 0 saturated heterocycles. The van der Waals surface area contributed by atoms with Gasteiger partial charge in [0.1, 0.15) is 5.75 Å². The number of ether oxygens (including phenoxy) is 1. The normalized spacial score (nSPS) is 15.3. The molecule has 1 aromatic heterocycles. The highest BCUT2D eigenvalue weighted by molar-refractivity contribution is 5.84. The van der Waals surface area contributed by atoms with Crippen molar-refractivity contribution in [2.24, 2.45) is 0 Å². The predicted molar refractivity (Wildman–Crippen MR) is 86.1 cm³/mol. The van der Waals surface area contributed by atoms with Crippen molar-refractivity contribution in [2.75, 3.05) is 0 Å². The second-order valence-corrected chi connectivity index (χ2v) is 6.02. The minimum atomic E-state index is -1.09. The summed E-state index contributed by atoms with van der Waals surface area (Å²) in [5.74, 6) is 0.542. The average molecular weight is 312 g/mol. The maximum absolute atomic E-state index is 10.8. The topological polar surface area (TPSA) is 72.3 Å². The Kier molecular flexibility index (Phi) is 4.55. The summed E-state index contributed by atoms with van der Waals surface area (Å²) < 4.78 is 5.91. The predicted octanol–water partition coefficient (Wildman–Crippen LogP) is 4.32. The Balaban J connectivity index is 1.86. The first-order valence-electron chi connectivity index (χ1n) is 7.97. The van der Waals surface area contributed by atoms with Crippen LogP contribution in [-0.2, 0) is 0 Å². The SMILES string of the molecule is Cc1ccc(C2CCCCC2)c(Oc2cnc(C(=O)O)cn2)c1. The number of hydrogen-bond acceptors (Lipinski definition) is 4. The van der Waals surface area contributed by atoms with Crippen molar-refractivity contribution in [3.8, 4) is 11.6 Å². The number of aryl methyl sites for hydroxylation is 1. The molecule has 23 heavy (non-hydrogen) atoms. The van der Waals surface area contributed by atoms with Gasteiger partial charge in [-0.1, -0.05) is 31.4 Å². The summed E-state index contributed by atoms with van der Waals surface area (Å²) in [6, 6.07) is 6.26. The van der Waals surface area contributed by atoms with E-state index in [0.717, 1.165) is 11.3 Å². The monoisotopic (exact) mass is 312 g/mol. The van der Waals surface area contributed by atoms with Crippen LogP contribution >= 0.6 is 0 Å². The maximum Gasteiger partial charge on any atom is 0.356 e. The summed E-state index contributed by atoms with van der Waals surface area (Å²) >= 11 is 0. The molecule has 1 N–H and O–H groups in total. The zero-order valence-electron chi connectivity index (χ0n) is 13.2. The lowest BCUT2D eigenvalue weighted by Gasteiger charge is -2.24. The van der Waals surface area contributed by atoms with Gasteiger partial charge in [-0.05, 0) is 42.9 Å². The number of hydrogen-bond donors (Lipinski definition) is 1. The Hall–Kier alpha value is -2.43. The highest BCUT2D eigenvalue weighted by atomic mass is 16.5. The van der Waals surface area contributed by atoms with Crippen LogP contribution in [0.1, 0.15) is 59.6 Å². The van der Waals surface area contributed by atoms with E-state index in [1.165, 1.54) is 50.1 Å². The number of aromatic nitrogens is 2. The third-order valence-electron chi connectivity index (χ3n) is 4.28. The molecule has 0 atom stereocenters. The van der Waals surface area contributed by atoms with E-state index >= 15 is 0 Å². The van der Waals surface area contributed by atoms with Gasteiger partial charge in [-0.15, -0.1) is 0 Å². The van der Waals surface area contributed by atoms with Gasteiger partial charge in [0.25, 0.3) is 0 Å². The van der Waals surface area contributed by atoms with Crippen molar-refractivity contribution in [2.45, 2.75) is 44.9 Å². The van der Waals surface area contributed by atoms with E-state index in [2.05, 4.69) is 22.1 Å². The molecule has 0 bridgehead atoms. The smallest absolute Gasteiger partial charge is 0.356 e. The number of benzene rings is 1. The van der Waals surface area contributed by atoms with Gasteiger partial charge in [-0.3, -0.25) is 0 Å². The molecule has 0 spiro atoms. The van der Waals surface area contributed by atoms with Crippen molar-refractivity contribution in [3.05, 3.63) is 47.4 Å². The minimum absolute atomic E-state index is 0.0888. The first kappa shape index (κ1) is 15.5. The van der Waals surface area contributed by atoms with Crippen LogP contribution in [0.5, 0.6) is 11.6 Å². The van der Waals surface area contributed by atoms with Gasteiger partial charge < -0.3 is 9.84 Å². The van der Waals surface area contributed by atoms with E-state index in [9.17, 15) is 4.79 Å². The molecular formula is C18H20N2O3. The summed E-state index contributed by atoms with van der Waals surface area (Å²) in [5, 5.41) is 8.87. The van der Waals surface area contributed by atoms with E-state index in [4.69, 9.17) is 9.84 Å². The first-order valence-corrected chi connectivity index (χ1v) is 7.97. The van der Waals surface area contributed by atoms with Gasteiger partial charge in [0, 0.05) is 0 Å². The van der Waals surface area contributed by atoms with Gasteiger partial charge in [0.15, 0.2) is 5.69 Å². The molecule has 3 rings (SSSR count). The molecule has 1 fully saturated rings. The summed E-state index contributed by atoms with van der Waals surface area (Å²) in [7, 11) is 0. The largest absolute Gasteiger partial charge is 0.476 e. The molecule has 0 aliphatic heterocycles. The average Bonchev–Trinajstić information content (AvgIpc) is 2.56. The molecule has 5 heteroatoms. The Labute approximate surface area is 135 Å². The Morgan fingerprint density at radius 3 is 2.61 bits per heavy atom. The Morgan fingerprint density at radius 1 is 1.17 bits per heavy atom. The fourth-order valence-corrected chi connectivity index (χ4v) is 3.07. The highest BCUT2D eigenvalue weighted by Gasteiger charge is 2.20. The van der Waals surface area contributed by atoms with E-state index < -0.39 is 5.97 Å². The molecule has 0 amide bonds. The van der Waals surface area contributed by atoms with Crippen LogP contribution < -0.4 is 4.74 Å². The van der Waals surface area contributed by atoms with Crippen LogP contribution in [0.2, 0.25) is 0 Å². The molecule has 2 aromatic rings. The van der Waals surface area contributed by atoms with Crippen LogP contribution in [0.25, 0.3) is 0 Å². The summed E-state index contributed by atoms with van der Waals surface area (Å²) in [6.07, 6.45) is 8.76.